The number of ether oxygens (including phenoxy) is 4. The van der Waals surface area contributed by atoms with Crippen LogP contribution in [-0.2, 0) is 25.7 Å². The molecule has 164 valence electrons. The van der Waals surface area contributed by atoms with Gasteiger partial charge in [-0.25, -0.2) is 4.79 Å². The van der Waals surface area contributed by atoms with Crippen LogP contribution in [0.25, 0.3) is 0 Å². The van der Waals surface area contributed by atoms with Crippen LogP contribution in [0.4, 0.5) is 0 Å². The summed E-state index contributed by atoms with van der Waals surface area (Å²) in [4.78, 5) is 37.0. The zero-order chi connectivity index (χ0) is 22.6. The molecular weight excluding hydrogens is 404 g/mol. The van der Waals surface area contributed by atoms with Crippen molar-refractivity contribution in [1.29, 1.82) is 0 Å². The van der Waals surface area contributed by atoms with Crippen molar-refractivity contribution in [1.82, 2.24) is 10.2 Å². The second-order valence-electron chi connectivity index (χ2n) is 6.94. The number of hydrogen-bond donors (Lipinski definition) is 1. The van der Waals surface area contributed by atoms with Gasteiger partial charge < -0.3 is 29.2 Å². The van der Waals surface area contributed by atoms with Crippen LogP contribution in [-0.4, -0.2) is 49.7 Å². The van der Waals surface area contributed by atoms with Crippen molar-refractivity contribution in [3.8, 4) is 23.0 Å². The van der Waals surface area contributed by atoms with Crippen molar-refractivity contribution in [2.45, 2.75) is 25.6 Å². The Balaban J connectivity index is 0.000000322. The molecule has 9 nitrogen and oxygen atoms in total. The summed E-state index contributed by atoms with van der Waals surface area (Å²) in [5.74, 6) is 1.69. The molecule has 1 unspecified atom stereocenters. The Labute approximate surface area is 179 Å². The van der Waals surface area contributed by atoms with E-state index in [1.165, 1.54) is 33.2 Å². The molecule has 1 fully saturated rings. The number of nitrogens with one attached hydrogen (secondary N) is 1. The zero-order valence-corrected chi connectivity index (χ0v) is 17.8. The van der Waals surface area contributed by atoms with Crippen LogP contribution >= 0.6 is 0 Å². The van der Waals surface area contributed by atoms with Gasteiger partial charge in [0.2, 0.25) is 17.5 Å². The number of nitrogens with zero attached hydrogens (tertiary/aromatic N) is 1. The molecule has 5 rings (SSSR count). The highest BCUT2D eigenvalue weighted by atomic mass is 16.5. The van der Waals surface area contributed by atoms with Crippen LogP contribution in [0.3, 0.4) is 0 Å². The maximum Gasteiger partial charge on any atom is 0.353 e. The predicted molar refractivity (Wildman–Crippen MR) is 110 cm³/mol. The van der Waals surface area contributed by atoms with E-state index >= 15 is 0 Å². The number of rotatable bonds is 6. The fourth-order valence-corrected chi connectivity index (χ4v) is 3.39. The van der Waals surface area contributed by atoms with Gasteiger partial charge in [0.15, 0.2) is 0 Å². The number of benzene rings is 2. The standard InChI is InChI=1S/C16H20N2O6.C6H4O/c1-10(19)17-16(15(21)24-4)8-14(20)18(16)9-11-5-6-12(22-2)7-13(11)23-3;1-2-5-4-6(3-1)7-5/h5-7H,8-9H2,1-4H3,(H,17,19);1-4H. The highest BCUT2D eigenvalue weighted by molar-refractivity contribution is 6.01. The molecule has 31 heavy (non-hydrogen) atoms. The molecule has 0 saturated carbocycles. The van der Waals surface area contributed by atoms with E-state index < -0.39 is 17.5 Å². The Kier molecular flexibility index (Phi) is 6.33. The fraction of sp³-hybridized carbons (Fsp3) is 0.318. The Morgan fingerprint density at radius 2 is 1.77 bits per heavy atom. The van der Waals surface area contributed by atoms with Crippen LogP contribution in [0.5, 0.6) is 23.0 Å². The average Bonchev–Trinajstić information content (AvgIpc) is 2.76. The number of carbonyl (C=O) groups is 3. The SMILES string of the molecule is COC(=O)C1(NC(C)=O)CC(=O)N1Cc1ccc(OC)cc1OC.c1cc2cc(c1)O2. The van der Waals surface area contributed by atoms with Gasteiger partial charge in [0, 0.05) is 24.6 Å². The van der Waals surface area contributed by atoms with Crippen molar-refractivity contribution in [3.05, 3.63) is 48.0 Å². The van der Waals surface area contributed by atoms with Gasteiger partial charge in [-0.15, -0.1) is 0 Å². The maximum absolute atomic E-state index is 12.2. The molecule has 2 bridgehead atoms. The lowest BCUT2D eigenvalue weighted by molar-refractivity contribution is -0.184. The van der Waals surface area contributed by atoms with Gasteiger partial charge in [0.1, 0.15) is 23.0 Å². The van der Waals surface area contributed by atoms with Crippen LogP contribution in [0.1, 0.15) is 18.9 Å². The third-order valence-corrected chi connectivity index (χ3v) is 4.94. The van der Waals surface area contributed by atoms with Crippen LogP contribution < -0.4 is 19.5 Å². The second kappa shape index (κ2) is 8.95. The Hall–Kier alpha value is -3.75. The van der Waals surface area contributed by atoms with Gasteiger partial charge in [0.05, 0.1) is 34.3 Å². The minimum atomic E-state index is -1.48. The molecule has 3 aliphatic heterocycles. The predicted octanol–water partition coefficient (Wildman–Crippen LogP) is 2.23. The van der Waals surface area contributed by atoms with E-state index in [1.807, 2.05) is 24.3 Å². The van der Waals surface area contributed by atoms with Gasteiger partial charge in [-0.1, -0.05) is 6.07 Å². The molecule has 3 heterocycles. The molecule has 9 heteroatoms. The average molecular weight is 428 g/mol. The van der Waals surface area contributed by atoms with Crippen molar-refractivity contribution in [2.24, 2.45) is 0 Å². The quantitative estimate of drug-likeness (QED) is 0.474. The first-order chi connectivity index (χ1) is 14.8. The number of carbonyl (C=O) groups excluding carboxylic acids is 3. The van der Waals surface area contributed by atoms with Crippen LogP contribution in [0.15, 0.2) is 42.5 Å². The number of β-lactam (4-membered cyclic amide) rings is 1. The van der Waals surface area contributed by atoms with Crippen LogP contribution in [0, 0.1) is 0 Å². The van der Waals surface area contributed by atoms with E-state index in [2.05, 4.69) is 5.32 Å². The molecule has 1 saturated heterocycles. The fourth-order valence-electron chi connectivity index (χ4n) is 3.39. The van der Waals surface area contributed by atoms with Gasteiger partial charge in [0.25, 0.3) is 0 Å². The summed E-state index contributed by atoms with van der Waals surface area (Å²) in [5.41, 5.74) is -0.812. The zero-order valence-electron chi connectivity index (χ0n) is 17.8. The van der Waals surface area contributed by atoms with Crippen molar-refractivity contribution in [2.75, 3.05) is 21.3 Å². The molecule has 0 aliphatic carbocycles. The van der Waals surface area contributed by atoms with E-state index in [0.717, 1.165) is 11.5 Å². The molecular formula is C22H24N2O7. The lowest BCUT2D eigenvalue weighted by Crippen LogP contribution is -2.75. The molecule has 1 atom stereocenters. The number of likely N-dealkylation sites (tertiary alicyclic amines) is 1. The third-order valence-electron chi connectivity index (χ3n) is 4.94. The number of esters is 1. The van der Waals surface area contributed by atoms with E-state index in [4.69, 9.17) is 18.9 Å². The number of methoxy groups -OCH3 is 3. The van der Waals surface area contributed by atoms with Crippen LogP contribution in [0.2, 0.25) is 0 Å². The highest BCUT2D eigenvalue weighted by Gasteiger charge is 2.58. The summed E-state index contributed by atoms with van der Waals surface area (Å²) in [6, 6.07) is 13.0. The van der Waals surface area contributed by atoms with E-state index in [-0.39, 0.29) is 18.9 Å². The van der Waals surface area contributed by atoms with E-state index in [0.29, 0.717) is 17.1 Å². The molecule has 3 aliphatic rings. The van der Waals surface area contributed by atoms with Gasteiger partial charge in [-0.3, -0.25) is 9.59 Å². The summed E-state index contributed by atoms with van der Waals surface area (Å²) >= 11 is 0. The summed E-state index contributed by atoms with van der Waals surface area (Å²) in [7, 11) is 4.24. The third kappa shape index (κ3) is 4.40. The Bertz CT molecular complexity index is 982. The minimum Gasteiger partial charge on any atom is -0.497 e. The second-order valence-corrected chi connectivity index (χ2v) is 6.94. The van der Waals surface area contributed by atoms with Gasteiger partial charge in [-0.2, -0.15) is 0 Å². The maximum atomic E-state index is 12.2. The smallest absolute Gasteiger partial charge is 0.353 e. The molecule has 2 aromatic carbocycles. The Morgan fingerprint density at radius 3 is 2.19 bits per heavy atom. The van der Waals surface area contributed by atoms with E-state index in [1.54, 1.807) is 18.2 Å². The molecule has 2 aromatic rings. The summed E-state index contributed by atoms with van der Waals surface area (Å²) in [6.45, 7) is 1.36. The monoisotopic (exact) mass is 428 g/mol. The lowest BCUT2D eigenvalue weighted by atomic mass is 9.91. The van der Waals surface area contributed by atoms with Crippen molar-refractivity contribution < 1.29 is 33.3 Å². The molecule has 1 N–H and O–H groups in total. The number of fused-ring (bicyclic) bond motifs is 2. The minimum absolute atomic E-state index is 0.0847. The lowest BCUT2D eigenvalue weighted by Gasteiger charge is -2.49. The first-order valence-electron chi connectivity index (χ1n) is 9.49. The summed E-state index contributed by atoms with van der Waals surface area (Å²) in [5, 5.41) is 2.53. The first-order valence-corrected chi connectivity index (χ1v) is 9.49. The topological polar surface area (TPSA) is 103 Å². The Morgan fingerprint density at radius 1 is 1.10 bits per heavy atom. The van der Waals surface area contributed by atoms with Gasteiger partial charge in [-0.05, 0) is 24.3 Å². The highest BCUT2D eigenvalue weighted by Crippen LogP contribution is 2.35. The number of amides is 2. The summed E-state index contributed by atoms with van der Waals surface area (Å²) < 4.78 is 20.2. The van der Waals surface area contributed by atoms with Crippen molar-refractivity contribution in [3.63, 3.8) is 0 Å². The molecule has 0 aromatic heterocycles. The first kappa shape index (κ1) is 21.9. The summed E-state index contributed by atoms with van der Waals surface area (Å²) in [6.07, 6.45) is -0.141. The number of hydrogen-bond acceptors (Lipinski definition) is 7. The van der Waals surface area contributed by atoms with Crippen molar-refractivity contribution >= 4 is 17.8 Å². The molecule has 0 radical (unpaired) electrons. The van der Waals surface area contributed by atoms with Gasteiger partial charge >= 0.3 is 5.97 Å². The molecule has 0 spiro atoms. The van der Waals surface area contributed by atoms with E-state index in [9.17, 15) is 14.4 Å². The normalized spacial score (nSPS) is 17.7. The largest absolute Gasteiger partial charge is 0.497 e. The molecule has 2 amide bonds.